The van der Waals surface area contributed by atoms with Crippen molar-refractivity contribution in [2.45, 2.75) is 33.2 Å². The fourth-order valence-corrected chi connectivity index (χ4v) is 2.29. The third kappa shape index (κ3) is 2.41. The maximum absolute atomic E-state index is 12.0. The number of rotatable bonds is 4. The maximum atomic E-state index is 12.0. The second kappa shape index (κ2) is 5.30. The van der Waals surface area contributed by atoms with Gasteiger partial charge in [0, 0.05) is 18.7 Å². The maximum Gasteiger partial charge on any atom is 0.242 e. The van der Waals surface area contributed by atoms with Gasteiger partial charge >= 0.3 is 0 Å². The van der Waals surface area contributed by atoms with Crippen LogP contribution in [-0.4, -0.2) is 22.0 Å². The van der Waals surface area contributed by atoms with Crippen molar-refractivity contribution in [1.82, 2.24) is 14.9 Å². The van der Waals surface area contributed by atoms with Gasteiger partial charge in [-0.2, -0.15) is 0 Å². The summed E-state index contributed by atoms with van der Waals surface area (Å²) in [5.41, 5.74) is 8.25. The lowest BCUT2D eigenvalue weighted by Gasteiger charge is -2.16. The number of nitrogen functional groups attached to an aromatic ring is 1. The van der Waals surface area contributed by atoms with E-state index in [1.165, 1.54) is 0 Å². The van der Waals surface area contributed by atoms with Gasteiger partial charge in [0.2, 0.25) is 5.91 Å². The van der Waals surface area contributed by atoms with Crippen LogP contribution in [0.2, 0.25) is 0 Å². The molecule has 0 saturated carbocycles. The number of likely N-dealkylation sites (N-methyl/N-ethyl adjacent to an activating group) is 1. The Morgan fingerprint density at radius 2 is 2.21 bits per heavy atom. The summed E-state index contributed by atoms with van der Waals surface area (Å²) in [4.78, 5) is 16.6. The Morgan fingerprint density at radius 3 is 2.84 bits per heavy atom. The number of hydrogen-bond donors (Lipinski definition) is 2. The van der Waals surface area contributed by atoms with Crippen LogP contribution in [0.1, 0.15) is 32.6 Å². The number of nitrogens with zero attached hydrogens (tertiary/aromatic N) is 2. The number of hydrogen-bond acceptors (Lipinski definition) is 3. The van der Waals surface area contributed by atoms with Crippen molar-refractivity contribution in [3.63, 3.8) is 0 Å². The number of nitrogens with two attached hydrogens (primary N) is 1. The molecule has 0 aliphatic heterocycles. The monoisotopic (exact) mass is 260 g/mol. The smallest absolute Gasteiger partial charge is 0.242 e. The normalized spacial score (nSPS) is 12.6. The highest BCUT2D eigenvalue weighted by atomic mass is 16.2. The molecule has 0 saturated heterocycles. The van der Waals surface area contributed by atoms with Gasteiger partial charge in [0.15, 0.2) is 0 Å². The first-order chi connectivity index (χ1) is 9.08. The predicted molar refractivity (Wildman–Crippen MR) is 76.9 cm³/mol. The molecule has 3 N–H and O–H groups in total. The number of fused-ring (bicyclic) bond motifs is 1. The highest BCUT2D eigenvalue weighted by Crippen LogP contribution is 2.23. The van der Waals surface area contributed by atoms with Crippen LogP contribution in [0.5, 0.6) is 0 Å². The molecule has 1 amide bonds. The Hall–Kier alpha value is -2.04. The van der Waals surface area contributed by atoms with Crippen molar-refractivity contribution < 1.29 is 4.79 Å². The van der Waals surface area contributed by atoms with E-state index in [-0.39, 0.29) is 11.9 Å². The Bertz CT molecular complexity index is 603. The summed E-state index contributed by atoms with van der Waals surface area (Å²) in [7, 11) is 0. The second-order valence-electron chi connectivity index (χ2n) is 4.57. The molecule has 2 aromatic rings. The number of aryl methyl sites for hydroxylation is 1. The Kier molecular flexibility index (Phi) is 3.74. The number of carbonyl (C=O) groups excluding carboxylic acids is 1. The van der Waals surface area contributed by atoms with Gasteiger partial charge in [-0.1, -0.05) is 6.92 Å². The van der Waals surface area contributed by atoms with E-state index in [0.717, 1.165) is 23.3 Å². The van der Waals surface area contributed by atoms with Crippen LogP contribution in [0.4, 0.5) is 5.69 Å². The van der Waals surface area contributed by atoms with Crippen molar-refractivity contribution in [3.05, 3.63) is 24.0 Å². The van der Waals surface area contributed by atoms with Gasteiger partial charge < -0.3 is 15.6 Å². The topological polar surface area (TPSA) is 72.9 Å². The van der Waals surface area contributed by atoms with Gasteiger partial charge in [0.05, 0.1) is 11.0 Å². The third-order valence-corrected chi connectivity index (χ3v) is 3.22. The quantitative estimate of drug-likeness (QED) is 0.824. The molecule has 1 atom stereocenters. The van der Waals surface area contributed by atoms with Crippen molar-refractivity contribution in [2.24, 2.45) is 0 Å². The molecule has 2 rings (SSSR count). The van der Waals surface area contributed by atoms with Gasteiger partial charge in [-0.15, -0.1) is 0 Å². The average molecular weight is 260 g/mol. The molecule has 5 nitrogen and oxygen atoms in total. The van der Waals surface area contributed by atoms with E-state index < -0.39 is 0 Å². The summed E-state index contributed by atoms with van der Waals surface area (Å²) in [5.74, 6) is 0.910. The molecule has 0 aliphatic rings. The highest BCUT2D eigenvalue weighted by molar-refractivity contribution is 5.85. The summed E-state index contributed by atoms with van der Waals surface area (Å²) in [6.07, 6.45) is 0.776. The number of anilines is 1. The number of aromatic nitrogens is 2. The van der Waals surface area contributed by atoms with Crippen LogP contribution in [0.15, 0.2) is 18.2 Å². The molecule has 102 valence electrons. The van der Waals surface area contributed by atoms with Gasteiger partial charge in [0.25, 0.3) is 0 Å². The minimum atomic E-state index is -0.275. The zero-order valence-electron chi connectivity index (χ0n) is 11.6. The number of benzene rings is 1. The molecule has 1 unspecified atom stereocenters. The zero-order chi connectivity index (χ0) is 14.0. The SMILES string of the molecule is CCNC(=O)C(C)n1c(CC)nc2cc(N)ccc21. The molecule has 19 heavy (non-hydrogen) atoms. The molecule has 5 heteroatoms. The van der Waals surface area contributed by atoms with Crippen LogP contribution in [0, 0.1) is 0 Å². The molecule has 1 aromatic carbocycles. The predicted octanol–water partition coefficient (Wildman–Crippen LogP) is 1.88. The Labute approximate surface area is 112 Å². The summed E-state index contributed by atoms with van der Waals surface area (Å²) < 4.78 is 1.99. The fourth-order valence-electron chi connectivity index (χ4n) is 2.29. The molecule has 1 heterocycles. The first-order valence-corrected chi connectivity index (χ1v) is 6.62. The number of amides is 1. The standard InChI is InChI=1S/C14H20N4O/c1-4-13-17-11-8-10(15)6-7-12(11)18(13)9(3)14(19)16-5-2/h6-9H,4-5,15H2,1-3H3,(H,16,19). The summed E-state index contributed by atoms with van der Waals surface area (Å²) in [6.45, 7) is 6.47. The molecule has 0 fully saturated rings. The number of nitrogens with one attached hydrogen (secondary N) is 1. The summed E-state index contributed by atoms with van der Waals surface area (Å²) in [5, 5.41) is 2.85. The largest absolute Gasteiger partial charge is 0.399 e. The average Bonchev–Trinajstić information content (AvgIpc) is 2.75. The van der Waals surface area contributed by atoms with Crippen LogP contribution < -0.4 is 11.1 Å². The number of imidazole rings is 1. The molecule has 0 spiro atoms. The Balaban J connectivity index is 2.54. The summed E-state index contributed by atoms with van der Waals surface area (Å²) >= 11 is 0. The molecule has 0 radical (unpaired) electrons. The van der Waals surface area contributed by atoms with E-state index in [2.05, 4.69) is 10.3 Å². The van der Waals surface area contributed by atoms with Gasteiger partial charge in [-0.3, -0.25) is 4.79 Å². The van der Waals surface area contributed by atoms with E-state index in [1.54, 1.807) is 0 Å². The lowest BCUT2D eigenvalue weighted by atomic mass is 10.2. The van der Waals surface area contributed by atoms with Gasteiger partial charge in [0.1, 0.15) is 11.9 Å². The molecule has 0 aliphatic carbocycles. The van der Waals surface area contributed by atoms with E-state index in [1.807, 2.05) is 43.5 Å². The minimum Gasteiger partial charge on any atom is -0.399 e. The second-order valence-corrected chi connectivity index (χ2v) is 4.57. The summed E-state index contributed by atoms with van der Waals surface area (Å²) in [6, 6.07) is 5.33. The lowest BCUT2D eigenvalue weighted by Crippen LogP contribution is -2.31. The van der Waals surface area contributed by atoms with E-state index >= 15 is 0 Å². The van der Waals surface area contributed by atoms with Crippen molar-refractivity contribution in [1.29, 1.82) is 0 Å². The first kappa shape index (κ1) is 13.4. The zero-order valence-corrected chi connectivity index (χ0v) is 11.6. The Morgan fingerprint density at radius 1 is 1.47 bits per heavy atom. The first-order valence-electron chi connectivity index (χ1n) is 6.62. The van der Waals surface area contributed by atoms with Crippen molar-refractivity contribution >= 4 is 22.6 Å². The van der Waals surface area contributed by atoms with E-state index in [9.17, 15) is 4.79 Å². The molecular weight excluding hydrogens is 240 g/mol. The lowest BCUT2D eigenvalue weighted by molar-refractivity contribution is -0.123. The third-order valence-electron chi connectivity index (χ3n) is 3.22. The van der Waals surface area contributed by atoms with Crippen LogP contribution in [0.25, 0.3) is 11.0 Å². The van der Waals surface area contributed by atoms with Gasteiger partial charge in [-0.25, -0.2) is 4.98 Å². The van der Waals surface area contributed by atoms with E-state index in [4.69, 9.17) is 5.73 Å². The van der Waals surface area contributed by atoms with Gasteiger partial charge in [-0.05, 0) is 32.0 Å². The molecule has 1 aromatic heterocycles. The fraction of sp³-hybridized carbons (Fsp3) is 0.429. The highest BCUT2D eigenvalue weighted by Gasteiger charge is 2.20. The molecule has 0 bridgehead atoms. The minimum absolute atomic E-state index is 0.00771. The van der Waals surface area contributed by atoms with Crippen LogP contribution >= 0.6 is 0 Å². The number of carbonyl (C=O) groups is 1. The van der Waals surface area contributed by atoms with Crippen LogP contribution in [0.3, 0.4) is 0 Å². The molecular formula is C14H20N4O. The van der Waals surface area contributed by atoms with Crippen LogP contribution in [-0.2, 0) is 11.2 Å². The van der Waals surface area contributed by atoms with Crippen molar-refractivity contribution in [3.8, 4) is 0 Å². The van der Waals surface area contributed by atoms with E-state index in [0.29, 0.717) is 12.2 Å². The van der Waals surface area contributed by atoms with Crippen molar-refractivity contribution in [2.75, 3.05) is 12.3 Å².